The van der Waals surface area contributed by atoms with Gasteiger partial charge in [0.15, 0.2) is 11.6 Å². The highest BCUT2D eigenvalue weighted by molar-refractivity contribution is 5.92. The lowest BCUT2D eigenvalue weighted by Gasteiger charge is -2.18. The van der Waals surface area contributed by atoms with Gasteiger partial charge < -0.3 is 38.3 Å². The molecule has 12 nitrogen and oxygen atoms in total. The van der Waals surface area contributed by atoms with Crippen LogP contribution in [0.3, 0.4) is 0 Å². The Hall–Kier alpha value is -5.76. The SMILES string of the molecule is COC(=O)c1cc(OCC2COC(C)(C)O2)cc(-c2ccc(C)cc2C#N)c1.Cc1ccc(-c2cc(OCC3COC(C)(C)O3)cc(C(=O)O)c2)c(C#N)c1. The van der Waals surface area contributed by atoms with E-state index in [-0.39, 0.29) is 31.0 Å². The van der Waals surface area contributed by atoms with Crippen molar-refractivity contribution in [3.63, 3.8) is 0 Å². The second kappa shape index (κ2) is 17.1. The number of hydrogen-bond acceptors (Lipinski definition) is 11. The number of nitriles is 2. The molecule has 1 N–H and O–H groups in total. The van der Waals surface area contributed by atoms with Gasteiger partial charge in [-0.25, -0.2) is 9.59 Å². The summed E-state index contributed by atoms with van der Waals surface area (Å²) in [5, 5.41) is 28.3. The minimum absolute atomic E-state index is 0.0934. The van der Waals surface area contributed by atoms with Crippen molar-refractivity contribution in [3.05, 3.63) is 106 Å². The molecule has 286 valence electrons. The Bertz CT molecular complexity index is 2150. The second-order valence-electron chi connectivity index (χ2n) is 14.1. The molecule has 0 saturated carbocycles. The van der Waals surface area contributed by atoms with Crippen LogP contribution in [0.2, 0.25) is 0 Å². The maximum atomic E-state index is 12.1. The Kier molecular flexibility index (Phi) is 12.6. The number of carboxylic acids is 1. The summed E-state index contributed by atoms with van der Waals surface area (Å²) in [5.74, 6) is -1.91. The van der Waals surface area contributed by atoms with E-state index in [1.54, 1.807) is 36.4 Å². The lowest BCUT2D eigenvalue weighted by Crippen LogP contribution is -2.25. The highest BCUT2D eigenvalue weighted by Crippen LogP contribution is 2.32. The van der Waals surface area contributed by atoms with Crippen molar-refractivity contribution < 1.29 is 47.9 Å². The van der Waals surface area contributed by atoms with Gasteiger partial charge in [0.2, 0.25) is 0 Å². The first-order valence-electron chi connectivity index (χ1n) is 17.6. The van der Waals surface area contributed by atoms with Gasteiger partial charge in [0.1, 0.15) is 36.9 Å². The Morgan fingerprint density at radius 2 is 1.15 bits per heavy atom. The lowest BCUT2D eigenvalue weighted by atomic mass is 9.97. The summed E-state index contributed by atoms with van der Waals surface area (Å²) in [7, 11) is 1.33. The van der Waals surface area contributed by atoms with Gasteiger partial charge in [0, 0.05) is 0 Å². The number of rotatable bonds is 10. The summed E-state index contributed by atoms with van der Waals surface area (Å²) in [4.78, 5) is 23.6. The number of esters is 1. The molecule has 6 rings (SSSR count). The van der Waals surface area contributed by atoms with Crippen molar-refractivity contribution in [2.45, 2.75) is 65.3 Å². The number of methoxy groups -OCH3 is 1. The van der Waals surface area contributed by atoms with E-state index in [4.69, 9.17) is 33.2 Å². The Labute approximate surface area is 320 Å². The van der Waals surface area contributed by atoms with E-state index < -0.39 is 23.5 Å². The first-order valence-corrected chi connectivity index (χ1v) is 17.6. The average molecular weight is 749 g/mol. The van der Waals surface area contributed by atoms with Crippen molar-refractivity contribution in [1.82, 2.24) is 0 Å². The van der Waals surface area contributed by atoms with E-state index in [1.165, 1.54) is 13.2 Å². The van der Waals surface area contributed by atoms with Crippen molar-refractivity contribution >= 4 is 11.9 Å². The molecule has 2 aliphatic heterocycles. The number of benzene rings is 4. The van der Waals surface area contributed by atoms with Crippen LogP contribution in [-0.4, -0.2) is 74.4 Å². The maximum absolute atomic E-state index is 12.1. The van der Waals surface area contributed by atoms with Crippen molar-refractivity contribution in [1.29, 1.82) is 10.5 Å². The molecule has 0 amide bonds. The lowest BCUT2D eigenvalue weighted by molar-refractivity contribution is -0.141. The fraction of sp³-hybridized carbons (Fsp3) is 0.349. The van der Waals surface area contributed by atoms with Crippen LogP contribution in [0, 0.1) is 36.5 Å². The van der Waals surface area contributed by atoms with E-state index in [0.717, 1.165) is 16.7 Å². The zero-order chi connectivity index (χ0) is 39.9. The molecule has 0 radical (unpaired) electrons. The van der Waals surface area contributed by atoms with Gasteiger partial charge in [-0.05, 0) is 123 Å². The molecule has 2 unspecified atom stereocenters. The number of carboxylic acid groups (broad SMARTS) is 1. The van der Waals surface area contributed by atoms with Crippen molar-refractivity contribution in [2.24, 2.45) is 0 Å². The molecule has 0 bridgehead atoms. The van der Waals surface area contributed by atoms with Gasteiger partial charge in [-0.2, -0.15) is 10.5 Å². The predicted molar refractivity (Wildman–Crippen MR) is 202 cm³/mol. The van der Waals surface area contributed by atoms with Crippen LogP contribution < -0.4 is 9.47 Å². The van der Waals surface area contributed by atoms with Crippen LogP contribution in [-0.2, 0) is 23.7 Å². The molecule has 4 aromatic rings. The second-order valence-corrected chi connectivity index (χ2v) is 14.1. The number of hydrogen-bond donors (Lipinski definition) is 1. The Morgan fingerprint density at radius 1 is 0.709 bits per heavy atom. The van der Waals surface area contributed by atoms with Crippen LogP contribution in [0.1, 0.15) is 70.7 Å². The van der Waals surface area contributed by atoms with E-state index in [9.17, 15) is 25.2 Å². The fourth-order valence-electron chi connectivity index (χ4n) is 6.11. The summed E-state index contributed by atoms with van der Waals surface area (Å²) < 4.78 is 39.0. The standard InChI is InChI=1S/C22H23NO5.C21H21NO5/c1-14-5-6-20(17(7-14)11-23)15-8-16(21(24)25-4)10-18(9-15)26-12-19-13-27-22(2,3)28-19;1-13-4-5-19(16(6-13)10-22)14-7-15(20(23)24)9-17(8-14)25-11-18-12-26-21(2,3)27-18/h5-10,19H,12-13H2,1-4H3;4-9,18H,11-12H2,1-3H3,(H,23,24). The molecule has 0 spiro atoms. The third kappa shape index (κ3) is 10.7. The van der Waals surface area contributed by atoms with Crippen molar-refractivity contribution in [2.75, 3.05) is 33.5 Å². The largest absolute Gasteiger partial charge is 0.491 e. The molecule has 0 aromatic heterocycles. The number of aromatic carboxylic acids is 1. The molecule has 2 atom stereocenters. The normalized spacial score (nSPS) is 17.9. The minimum atomic E-state index is -1.06. The number of aryl methyl sites for hydroxylation is 2. The highest BCUT2D eigenvalue weighted by atomic mass is 16.8. The van der Waals surface area contributed by atoms with E-state index >= 15 is 0 Å². The number of carbonyl (C=O) groups excluding carboxylic acids is 1. The predicted octanol–water partition coefficient (Wildman–Crippen LogP) is 7.61. The Morgan fingerprint density at radius 3 is 1.53 bits per heavy atom. The van der Waals surface area contributed by atoms with Crippen LogP contribution in [0.5, 0.6) is 11.5 Å². The first-order chi connectivity index (χ1) is 26.1. The monoisotopic (exact) mass is 748 g/mol. The fourth-order valence-corrected chi connectivity index (χ4v) is 6.11. The molecular formula is C43H44N2O10. The molecular weight excluding hydrogens is 704 g/mol. The minimum Gasteiger partial charge on any atom is -0.491 e. The van der Waals surface area contributed by atoms with E-state index in [1.807, 2.05) is 71.9 Å². The first kappa shape index (κ1) is 40.4. The summed E-state index contributed by atoms with van der Waals surface area (Å²) in [5.41, 5.74) is 6.12. The van der Waals surface area contributed by atoms with Gasteiger partial charge in [-0.3, -0.25) is 0 Å². The quantitative estimate of drug-likeness (QED) is 0.158. The maximum Gasteiger partial charge on any atom is 0.338 e. The number of carbonyl (C=O) groups is 2. The van der Waals surface area contributed by atoms with Gasteiger partial charge in [-0.1, -0.05) is 24.3 Å². The molecule has 4 aromatic carbocycles. The number of nitrogens with zero attached hydrogens (tertiary/aromatic N) is 2. The zero-order valence-electron chi connectivity index (χ0n) is 31.9. The molecule has 0 aliphatic carbocycles. The van der Waals surface area contributed by atoms with Gasteiger partial charge in [0.25, 0.3) is 0 Å². The van der Waals surface area contributed by atoms with Crippen LogP contribution >= 0.6 is 0 Å². The average Bonchev–Trinajstić information content (AvgIpc) is 3.71. The molecule has 12 heteroatoms. The summed E-state index contributed by atoms with van der Waals surface area (Å²) in [6.45, 7) is 12.6. The number of ether oxygens (including phenoxy) is 7. The molecule has 2 aliphatic rings. The highest BCUT2D eigenvalue weighted by Gasteiger charge is 2.34. The van der Waals surface area contributed by atoms with Gasteiger partial charge in [0.05, 0.1) is 54.7 Å². The van der Waals surface area contributed by atoms with E-state index in [2.05, 4.69) is 12.1 Å². The summed E-state index contributed by atoms with van der Waals surface area (Å²) in [6, 6.07) is 25.3. The molecule has 2 saturated heterocycles. The third-order valence-electron chi connectivity index (χ3n) is 8.70. The zero-order valence-corrected chi connectivity index (χ0v) is 31.9. The Balaban J connectivity index is 0.000000211. The van der Waals surface area contributed by atoms with E-state index in [0.29, 0.717) is 58.1 Å². The van der Waals surface area contributed by atoms with Gasteiger partial charge >= 0.3 is 11.9 Å². The topological polar surface area (TPSA) is 167 Å². The van der Waals surface area contributed by atoms with Crippen LogP contribution in [0.4, 0.5) is 0 Å². The smallest absolute Gasteiger partial charge is 0.338 e. The van der Waals surface area contributed by atoms with Crippen LogP contribution in [0.25, 0.3) is 22.3 Å². The summed E-state index contributed by atoms with van der Waals surface area (Å²) in [6.07, 6.45) is -0.430. The van der Waals surface area contributed by atoms with Gasteiger partial charge in [-0.15, -0.1) is 0 Å². The summed E-state index contributed by atoms with van der Waals surface area (Å²) >= 11 is 0. The molecule has 2 heterocycles. The van der Waals surface area contributed by atoms with Crippen LogP contribution in [0.15, 0.2) is 72.8 Å². The third-order valence-corrected chi connectivity index (χ3v) is 8.70. The molecule has 2 fully saturated rings. The molecule has 55 heavy (non-hydrogen) atoms. The van der Waals surface area contributed by atoms with Crippen molar-refractivity contribution in [3.8, 4) is 45.9 Å².